The third-order valence-electron chi connectivity index (χ3n) is 2.75. The molecule has 6 heteroatoms. The standard InChI is InChI=1S/C14H19N3O2S/c1-3-7-17(10-12-5-4-9-20-12)11-14-15-13(16-19-14)6-8-18-2/h3-5,9H,1,6-8,10-11H2,2H3. The van der Waals surface area contributed by atoms with Gasteiger partial charge < -0.3 is 9.26 Å². The molecule has 20 heavy (non-hydrogen) atoms. The van der Waals surface area contributed by atoms with E-state index in [1.54, 1.807) is 18.4 Å². The maximum absolute atomic E-state index is 5.27. The number of thiophene rings is 1. The molecule has 0 spiro atoms. The SMILES string of the molecule is C=CCN(Cc1nc(CCOC)no1)Cc1cccs1. The van der Waals surface area contributed by atoms with Crippen LogP contribution in [0.3, 0.4) is 0 Å². The van der Waals surface area contributed by atoms with E-state index in [4.69, 9.17) is 9.26 Å². The van der Waals surface area contributed by atoms with Crippen LogP contribution < -0.4 is 0 Å². The maximum atomic E-state index is 5.27. The van der Waals surface area contributed by atoms with E-state index in [0.29, 0.717) is 31.3 Å². The molecule has 0 amide bonds. The van der Waals surface area contributed by atoms with Crippen molar-refractivity contribution < 1.29 is 9.26 Å². The molecule has 108 valence electrons. The Morgan fingerprint density at radius 3 is 3.10 bits per heavy atom. The van der Waals surface area contributed by atoms with Crippen LogP contribution in [0.15, 0.2) is 34.7 Å². The average molecular weight is 293 g/mol. The van der Waals surface area contributed by atoms with Crippen molar-refractivity contribution in [1.29, 1.82) is 0 Å². The van der Waals surface area contributed by atoms with Crippen LogP contribution >= 0.6 is 11.3 Å². The molecule has 0 bridgehead atoms. The van der Waals surface area contributed by atoms with E-state index in [9.17, 15) is 0 Å². The van der Waals surface area contributed by atoms with Crippen molar-refractivity contribution in [3.63, 3.8) is 0 Å². The van der Waals surface area contributed by atoms with E-state index in [1.807, 2.05) is 6.08 Å². The zero-order valence-corrected chi connectivity index (χ0v) is 12.4. The second-order valence-corrected chi connectivity index (χ2v) is 5.42. The first-order chi connectivity index (χ1) is 9.81. The van der Waals surface area contributed by atoms with Crippen LogP contribution in [0.4, 0.5) is 0 Å². The highest BCUT2D eigenvalue weighted by atomic mass is 32.1. The van der Waals surface area contributed by atoms with E-state index in [-0.39, 0.29) is 0 Å². The van der Waals surface area contributed by atoms with Gasteiger partial charge >= 0.3 is 0 Å². The summed E-state index contributed by atoms with van der Waals surface area (Å²) in [4.78, 5) is 7.89. The van der Waals surface area contributed by atoms with Gasteiger partial charge in [-0.15, -0.1) is 17.9 Å². The minimum Gasteiger partial charge on any atom is -0.384 e. The van der Waals surface area contributed by atoms with Crippen LogP contribution in [0.1, 0.15) is 16.6 Å². The van der Waals surface area contributed by atoms with Crippen molar-refractivity contribution in [2.75, 3.05) is 20.3 Å². The Labute approximate surface area is 122 Å². The Morgan fingerprint density at radius 1 is 1.50 bits per heavy atom. The van der Waals surface area contributed by atoms with Crippen LogP contribution in [0.25, 0.3) is 0 Å². The second-order valence-electron chi connectivity index (χ2n) is 4.38. The van der Waals surface area contributed by atoms with Crippen LogP contribution in [0.5, 0.6) is 0 Å². The average Bonchev–Trinajstić information content (AvgIpc) is 3.08. The summed E-state index contributed by atoms with van der Waals surface area (Å²) in [7, 11) is 1.66. The molecule has 0 saturated heterocycles. The molecular weight excluding hydrogens is 274 g/mol. The van der Waals surface area contributed by atoms with Crippen molar-refractivity contribution in [2.24, 2.45) is 0 Å². The predicted molar refractivity (Wildman–Crippen MR) is 78.5 cm³/mol. The number of ether oxygens (including phenoxy) is 1. The zero-order valence-electron chi connectivity index (χ0n) is 11.6. The number of methoxy groups -OCH3 is 1. The minimum atomic E-state index is 0.602. The largest absolute Gasteiger partial charge is 0.384 e. The van der Waals surface area contributed by atoms with E-state index in [2.05, 4.69) is 39.1 Å². The minimum absolute atomic E-state index is 0.602. The molecule has 0 unspecified atom stereocenters. The van der Waals surface area contributed by atoms with Gasteiger partial charge in [0.05, 0.1) is 13.2 Å². The highest BCUT2D eigenvalue weighted by Gasteiger charge is 2.12. The number of hydrogen-bond acceptors (Lipinski definition) is 6. The molecule has 5 nitrogen and oxygen atoms in total. The van der Waals surface area contributed by atoms with Crippen LogP contribution in [0, 0.1) is 0 Å². The summed E-state index contributed by atoms with van der Waals surface area (Å²) in [6, 6.07) is 4.18. The van der Waals surface area contributed by atoms with E-state index >= 15 is 0 Å². The van der Waals surface area contributed by atoms with Gasteiger partial charge in [-0.1, -0.05) is 17.3 Å². The molecule has 0 aromatic carbocycles. The quantitative estimate of drug-likeness (QED) is 0.665. The van der Waals surface area contributed by atoms with Gasteiger partial charge in [-0.05, 0) is 11.4 Å². The fraction of sp³-hybridized carbons (Fsp3) is 0.429. The molecule has 0 radical (unpaired) electrons. The fourth-order valence-electron chi connectivity index (χ4n) is 1.83. The molecule has 0 aliphatic rings. The van der Waals surface area contributed by atoms with Gasteiger partial charge in [-0.2, -0.15) is 4.98 Å². The number of aromatic nitrogens is 2. The Hall–Kier alpha value is -1.50. The number of hydrogen-bond donors (Lipinski definition) is 0. The normalized spacial score (nSPS) is 11.1. The van der Waals surface area contributed by atoms with Crippen molar-refractivity contribution in [2.45, 2.75) is 19.5 Å². The smallest absolute Gasteiger partial charge is 0.240 e. The van der Waals surface area contributed by atoms with Gasteiger partial charge in [0, 0.05) is 31.5 Å². The molecule has 0 fully saturated rings. The lowest BCUT2D eigenvalue weighted by Gasteiger charge is -2.17. The summed E-state index contributed by atoms with van der Waals surface area (Å²) in [5, 5.41) is 6.03. The second kappa shape index (κ2) is 7.94. The molecule has 0 aliphatic heterocycles. The van der Waals surface area contributed by atoms with Crippen molar-refractivity contribution in [1.82, 2.24) is 15.0 Å². The van der Waals surface area contributed by atoms with E-state index in [0.717, 1.165) is 13.1 Å². The van der Waals surface area contributed by atoms with Gasteiger partial charge in [0.25, 0.3) is 0 Å². The van der Waals surface area contributed by atoms with Gasteiger partial charge in [0.1, 0.15) is 0 Å². The molecule has 0 saturated carbocycles. The predicted octanol–water partition coefficient (Wildman–Crippen LogP) is 2.51. The lowest BCUT2D eigenvalue weighted by Crippen LogP contribution is -2.22. The summed E-state index contributed by atoms with van der Waals surface area (Å²) in [5.41, 5.74) is 0. The highest BCUT2D eigenvalue weighted by Crippen LogP contribution is 2.14. The van der Waals surface area contributed by atoms with Crippen molar-refractivity contribution >= 4 is 11.3 Å². The molecular formula is C14H19N3O2S. The topological polar surface area (TPSA) is 51.4 Å². The lowest BCUT2D eigenvalue weighted by atomic mass is 10.4. The molecule has 0 atom stereocenters. The van der Waals surface area contributed by atoms with E-state index in [1.165, 1.54) is 4.88 Å². The summed E-state index contributed by atoms with van der Waals surface area (Å²) in [6.45, 7) is 6.67. The first-order valence-corrected chi connectivity index (χ1v) is 7.36. The zero-order chi connectivity index (χ0) is 14.2. The molecule has 0 aliphatic carbocycles. The fourth-order valence-corrected chi connectivity index (χ4v) is 2.58. The monoisotopic (exact) mass is 293 g/mol. The van der Waals surface area contributed by atoms with Crippen molar-refractivity contribution in [3.8, 4) is 0 Å². The third kappa shape index (κ3) is 4.56. The van der Waals surface area contributed by atoms with Crippen LogP contribution in [-0.4, -0.2) is 35.3 Å². The van der Waals surface area contributed by atoms with Crippen molar-refractivity contribution in [3.05, 3.63) is 46.8 Å². The number of nitrogens with zero attached hydrogens (tertiary/aromatic N) is 3. The summed E-state index contributed by atoms with van der Waals surface area (Å²) >= 11 is 1.74. The first-order valence-electron chi connectivity index (χ1n) is 6.48. The van der Waals surface area contributed by atoms with Crippen LogP contribution in [0.2, 0.25) is 0 Å². The Kier molecular flexibility index (Phi) is 5.91. The maximum Gasteiger partial charge on any atom is 0.240 e. The summed E-state index contributed by atoms with van der Waals surface area (Å²) in [6.07, 6.45) is 2.56. The molecule has 0 N–H and O–H groups in total. The van der Waals surface area contributed by atoms with Gasteiger partial charge in [-0.3, -0.25) is 4.90 Å². The molecule has 2 rings (SSSR count). The molecule has 2 heterocycles. The first kappa shape index (κ1) is 14.9. The Bertz CT molecular complexity index is 510. The van der Waals surface area contributed by atoms with Gasteiger partial charge in [0.2, 0.25) is 5.89 Å². The Balaban J connectivity index is 1.93. The third-order valence-corrected chi connectivity index (χ3v) is 3.61. The summed E-state index contributed by atoms with van der Waals surface area (Å²) < 4.78 is 10.3. The lowest BCUT2D eigenvalue weighted by molar-refractivity contribution is 0.199. The number of rotatable bonds is 9. The highest BCUT2D eigenvalue weighted by molar-refractivity contribution is 7.09. The van der Waals surface area contributed by atoms with E-state index < -0.39 is 0 Å². The molecule has 2 aromatic rings. The molecule has 2 aromatic heterocycles. The van der Waals surface area contributed by atoms with Gasteiger partial charge in [-0.25, -0.2) is 0 Å². The Morgan fingerprint density at radius 2 is 2.40 bits per heavy atom. The summed E-state index contributed by atoms with van der Waals surface area (Å²) in [5.74, 6) is 1.33. The van der Waals surface area contributed by atoms with Crippen LogP contribution in [-0.2, 0) is 24.2 Å². The van der Waals surface area contributed by atoms with Gasteiger partial charge in [0.15, 0.2) is 5.82 Å².